The number of carbonyl (C=O) groups is 1. The second-order valence-electron chi connectivity index (χ2n) is 5.50. The second-order valence-corrected chi connectivity index (χ2v) is 6.40. The Morgan fingerprint density at radius 3 is 2.81 bits per heavy atom. The average Bonchev–Trinajstić information content (AvgIpc) is 3.35. The van der Waals surface area contributed by atoms with Crippen LogP contribution in [-0.4, -0.2) is 40.4 Å². The first kappa shape index (κ1) is 15.5. The molecule has 0 spiro atoms. The molecule has 0 saturated carbocycles. The van der Waals surface area contributed by atoms with Gasteiger partial charge in [-0.3, -0.25) is 9.78 Å². The molecule has 0 aliphatic heterocycles. The first-order valence-electron chi connectivity index (χ1n) is 7.93. The van der Waals surface area contributed by atoms with E-state index in [4.69, 9.17) is 0 Å². The van der Waals surface area contributed by atoms with Crippen molar-refractivity contribution in [3.63, 3.8) is 0 Å². The lowest BCUT2D eigenvalue weighted by Crippen LogP contribution is -2.15. The molecule has 0 bridgehead atoms. The van der Waals surface area contributed by atoms with Crippen LogP contribution >= 0.6 is 11.3 Å². The zero-order valence-corrected chi connectivity index (χ0v) is 14.5. The molecule has 5 rings (SSSR count). The third kappa shape index (κ3) is 2.77. The van der Waals surface area contributed by atoms with Gasteiger partial charge in [-0.05, 0) is 29.6 Å². The van der Waals surface area contributed by atoms with E-state index in [0.717, 1.165) is 10.2 Å². The van der Waals surface area contributed by atoms with Crippen LogP contribution in [0.5, 0.6) is 0 Å². The van der Waals surface area contributed by atoms with E-state index in [0.29, 0.717) is 23.1 Å². The molecule has 9 nitrogen and oxygen atoms in total. The van der Waals surface area contributed by atoms with Crippen molar-refractivity contribution < 1.29 is 4.79 Å². The summed E-state index contributed by atoms with van der Waals surface area (Å²) < 4.78 is 1.44. The van der Waals surface area contributed by atoms with Gasteiger partial charge in [-0.1, -0.05) is 6.07 Å². The van der Waals surface area contributed by atoms with Crippen LogP contribution < -0.4 is 5.32 Å². The molecule has 0 aliphatic carbocycles. The molecule has 0 atom stereocenters. The summed E-state index contributed by atoms with van der Waals surface area (Å²) in [4.78, 5) is 34.9. The Hall–Kier alpha value is -3.79. The summed E-state index contributed by atoms with van der Waals surface area (Å²) in [6.45, 7) is 0. The lowest BCUT2D eigenvalue weighted by molar-refractivity contribution is 0.101. The van der Waals surface area contributed by atoms with Crippen LogP contribution in [0.4, 0.5) is 5.82 Å². The largest absolute Gasteiger partial charge is 0.303 e. The minimum atomic E-state index is -0.473. The van der Waals surface area contributed by atoms with E-state index in [1.54, 1.807) is 24.7 Å². The molecule has 10 heteroatoms. The molecular formula is C17H10N8OS. The lowest BCUT2D eigenvalue weighted by atomic mass is 10.3. The van der Waals surface area contributed by atoms with Gasteiger partial charge in [0.1, 0.15) is 16.3 Å². The molecule has 0 aliphatic rings. The molecular weight excluding hydrogens is 364 g/mol. The fourth-order valence-electron chi connectivity index (χ4n) is 2.55. The van der Waals surface area contributed by atoms with Crippen LogP contribution in [0.25, 0.3) is 27.5 Å². The Morgan fingerprint density at radius 1 is 1.04 bits per heavy atom. The highest BCUT2D eigenvalue weighted by Gasteiger charge is 2.18. The molecule has 5 aromatic heterocycles. The molecule has 0 saturated heterocycles. The number of amides is 1. The highest BCUT2D eigenvalue weighted by atomic mass is 32.1. The first-order chi connectivity index (χ1) is 13.3. The maximum atomic E-state index is 12.6. The lowest BCUT2D eigenvalue weighted by Gasteiger charge is -2.06. The highest BCUT2D eigenvalue weighted by Crippen LogP contribution is 2.28. The molecule has 130 valence electrons. The van der Waals surface area contributed by atoms with E-state index in [2.05, 4.69) is 35.3 Å². The third-order valence-corrected chi connectivity index (χ3v) is 4.58. The summed E-state index contributed by atoms with van der Waals surface area (Å²) >= 11 is 1.46. The molecule has 0 radical (unpaired) electrons. The quantitative estimate of drug-likeness (QED) is 0.516. The summed E-state index contributed by atoms with van der Waals surface area (Å²) in [7, 11) is 0. The molecule has 0 fully saturated rings. The first-order valence-corrected chi connectivity index (χ1v) is 8.81. The molecule has 1 N–H and O–H groups in total. The van der Waals surface area contributed by atoms with E-state index >= 15 is 0 Å². The number of aromatic nitrogens is 7. The van der Waals surface area contributed by atoms with Gasteiger partial charge in [-0.15, -0.1) is 16.4 Å². The van der Waals surface area contributed by atoms with Crippen LogP contribution in [-0.2, 0) is 0 Å². The van der Waals surface area contributed by atoms with Crippen molar-refractivity contribution >= 4 is 39.1 Å². The summed E-state index contributed by atoms with van der Waals surface area (Å²) in [5.74, 6) is 0.707. The normalized spacial score (nSPS) is 11.1. The monoisotopic (exact) mass is 374 g/mol. The number of nitrogens with zero attached hydrogens (tertiary/aromatic N) is 7. The van der Waals surface area contributed by atoms with Gasteiger partial charge in [0, 0.05) is 18.6 Å². The van der Waals surface area contributed by atoms with Gasteiger partial charge in [0.15, 0.2) is 5.82 Å². The maximum Gasteiger partial charge on any atom is 0.296 e. The van der Waals surface area contributed by atoms with Crippen LogP contribution in [0, 0.1) is 0 Å². The van der Waals surface area contributed by atoms with E-state index in [-0.39, 0.29) is 5.82 Å². The molecule has 1 amide bonds. The smallest absolute Gasteiger partial charge is 0.296 e. The number of rotatable bonds is 3. The predicted molar refractivity (Wildman–Crippen MR) is 99.4 cm³/mol. The molecule has 27 heavy (non-hydrogen) atoms. The fourth-order valence-corrected chi connectivity index (χ4v) is 3.32. The Kier molecular flexibility index (Phi) is 3.54. The third-order valence-electron chi connectivity index (χ3n) is 3.77. The minimum absolute atomic E-state index is 0.00933. The zero-order valence-electron chi connectivity index (χ0n) is 13.6. The van der Waals surface area contributed by atoms with Crippen molar-refractivity contribution in [3.8, 4) is 11.5 Å². The van der Waals surface area contributed by atoms with Crippen LogP contribution in [0.3, 0.4) is 0 Å². The number of hydrogen-bond acceptors (Lipinski definition) is 8. The summed E-state index contributed by atoms with van der Waals surface area (Å²) in [6.07, 6.45) is 4.93. The number of thiophene rings is 1. The number of pyridine rings is 1. The number of carbonyl (C=O) groups excluding carboxylic acids is 1. The van der Waals surface area contributed by atoms with Crippen LogP contribution in [0.15, 0.2) is 54.3 Å². The Labute approximate surface area is 155 Å². The van der Waals surface area contributed by atoms with Crippen molar-refractivity contribution in [2.75, 3.05) is 5.32 Å². The Morgan fingerprint density at radius 2 is 1.96 bits per heavy atom. The number of fused-ring (bicyclic) bond motifs is 2. The molecule has 5 aromatic rings. The van der Waals surface area contributed by atoms with Gasteiger partial charge in [0.05, 0.1) is 5.39 Å². The number of hydrogen-bond donors (Lipinski definition) is 1. The van der Waals surface area contributed by atoms with Gasteiger partial charge < -0.3 is 5.32 Å². The van der Waals surface area contributed by atoms with Gasteiger partial charge in [0.25, 0.3) is 11.7 Å². The van der Waals surface area contributed by atoms with Crippen molar-refractivity contribution in [1.82, 2.24) is 34.5 Å². The average molecular weight is 374 g/mol. The van der Waals surface area contributed by atoms with Gasteiger partial charge >= 0.3 is 0 Å². The molecule has 5 heterocycles. The Balaban J connectivity index is 1.55. The van der Waals surface area contributed by atoms with Crippen molar-refractivity contribution in [2.24, 2.45) is 0 Å². The van der Waals surface area contributed by atoms with Crippen molar-refractivity contribution in [2.45, 2.75) is 0 Å². The number of nitrogens with one attached hydrogen (secondary N) is 1. The fraction of sp³-hybridized carbons (Fsp3) is 0. The summed E-state index contributed by atoms with van der Waals surface area (Å²) in [5.41, 5.74) is 0.623. The molecule has 0 aromatic carbocycles. The van der Waals surface area contributed by atoms with E-state index in [9.17, 15) is 4.79 Å². The zero-order chi connectivity index (χ0) is 18.2. The highest BCUT2D eigenvalue weighted by molar-refractivity contribution is 7.16. The topological polar surface area (TPSA) is 111 Å². The van der Waals surface area contributed by atoms with Crippen molar-refractivity contribution in [3.05, 3.63) is 60.1 Å². The second kappa shape index (κ2) is 6.18. The van der Waals surface area contributed by atoms with Gasteiger partial charge in [0.2, 0.25) is 5.82 Å². The van der Waals surface area contributed by atoms with Crippen LogP contribution in [0.2, 0.25) is 0 Å². The summed E-state index contributed by atoms with van der Waals surface area (Å²) in [6, 6.07) is 9.06. The standard InChI is InChI=1S/C17H10N8OS/c26-15(14-23-17-19-7-3-8-25(17)24-14)21-12-10-5-9-27-16(10)22-13(20-12)11-4-1-2-6-18-11/h1-9H,(H,20,21,22,26). The van der Waals surface area contributed by atoms with Crippen LogP contribution in [0.1, 0.15) is 10.6 Å². The molecule has 0 unspecified atom stereocenters. The maximum absolute atomic E-state index is 12.6. The van der Waals surface area contributed by atoms with E-state index < -0.39 is 5.91 Å². The minimum Gasteiger partial charge on any atom is -0.303 e. The van der Waals surface area contributed by atoms with Gasteiger partial charge in [-0.25, -0.2) is 19.5 Å². The van der Waals surface area contributed by atoms with E-state index in [1.807, 2.05) is 29.6 Å². The SMILES string of the molecule is O=C(Nc1nc(-c2ccccn2)nc2sccc12)c1nc2ncccn2n1. The Bertz CT molecular complexity index is 1250. The van der Waals surface area contributed by atoms with E-state index in [1.165, 1.54) is 15.9 Å². The summed E-state index contributed by atoms with van der Waals surface area (Å²) in [5, 5.41) is 9.55. The van der Waals surface area contributed by atoms with Crippen molar-refractivity contribution in [1.29, 1.82) is 0 Å². The number of anilines is 1. The predicted octanol–water partition coefficient (Wildman–Crippen LogP) is 2.44. The van der Waals surface area contributed by atoms with Gasteiger partial charge in [-0.2, -0.15) is 4.98 Å².